The van der Waals surface area contributed by atoms with Gasteiger partial charge in [-0.1, -0.05) is 52.7 Å². The maximum absolute atomic E-state index is 13.1. The minimum absolute atomic E-state index is 0.0307. The maximum atomic E-state index is 13.1. The molecule has 198 valence electrons. The van der Waals surface area contributed by atoms with Crippen molar-refractivity contribution in [2.75, 3.05) is 12.3 Å². The molecule has 0 bridgehead atoms. The van der Waals surface area contributed by atoms with Crippen LogP contribution in [0, 0.1) is 5.92 Å². The number of aromatic nitrogens is 4. The highest BCUT2D eigenvalue weighted by atomic mass is 79.9. The van der Waals surface area contributed by atoms with Gasteiger partial charge in [-0.05, 0) is 30.5 Å². The van der Waals surface area contributed by atoms with Gasteiger partial charge in [-0.2, -0.15) is 5.10 Å². The molecule has 0 spiro atoms. The summed E-state index contributed by atoms with van der Waals surface area (Å²) in [5.74, 6) is 0.688. The van der Waals surface area contributed by atoms with Crippen LogP contribution in [0.15, 0.2) is 51.0 Å². The molecular weight excluding hydrogens is 570 g/mol. The van der Waals surface area contributed by atoms with E-state index in [1.54, 1.807) is 25.9 Å². The van der Waals surface area contributed by atoms with Crippen LogP contribution in [0.1, 0.15) is 37.7 Å². The second-order valence-corrected chi connectivity index (χ2v) is 11.9. The summed E-state index contributed by atoms with van der Waals surface area (Å²) in [6, 6.07) is 7.74. The van der Waals surface area contributed by atoms with Gasteiger partial charge in [0, 0.05) is 23.2 Å². The number of carbonyl (C=O) groups is 2. The van der Waals surface area contributed by atoms with Gasteiger partial charge in [-0.3, -0.25) is 28.8 Å². The summed E-state index contributed by atoms with van der Waals surface area (Å²) in [6.45, 7) is 1.15. The fourth-order valence-corrected chi connectivity index (χ4v) is 6.98. The fourth-order valence-electron chi connectivity index (χ4n) is 5.52. The first-order chi connectivity index (χ1) is 18.5. The van der Waals surface area contributed by atoms with E-state index in [4.69, 9.17) is 4.99 Å². The van der Waals surface area contributed by atoms with E-state index in [2.05, 4.69) is 31.3 Å². The molecule has 10 nitrogen and oxygen atoms in total. The number of rotatable bonds is 7. The lowest BCUT2D eigenvalue weighted by Crippen LogP contribution is -2.51. The predicted octanol–water partition coefficient (Wildman–Crippen LogP) is 2.78. The van der Waals surface area contributed by atoms with E-state index in [9.17, 15) is 14.4 Å². The number of nitrogens with zero attached hydrogens (tertiary/aromatic N) is 6. The average Bonchev–Trinajstić information content (AvgIpc) is 3.52. The van der Waals surface area contributed by atoms with Crippen molar-refractivity contribution < 1.29 is 9.59 Å². The minimum atomic E-state index is -0.162. The molecule has 3 aliphatic rings. The fraction of sp³-hybridized carbons (Fsp3) is 0.462. The number of aliphatic imine (C=N–C) groups is 1. The zero-order valence-electron chi connectivity index (χ0n) is 20.8. The number of amides is 2. The Hall–Kier alpha value is -2.99. The Morgan fingerprint density at radius 1 is 1.16 bits per heavy atom. The molecule has 3 aromatic rings. The van der Waals surface area contributed by atoms with Crippen LogP contribution in [0.4, 0.5) is 0 Å². The molecule has 1 aromatic carbocycles. The molecule has 4 heterocycles. The van der Waals surface area contributed by atoms with Gasteiger partial charge >= 0.3 is 0 Å². The first-order valence-corrected chi connectivity index (χ1v) is 14.7. The smallest absolute Gasteiger partial charge is 0.264 e. The van der Waals surface area contributed by atoms with Crippen molar-refractivity contribution >= 4 is 55.7 Å². The first kappa shape index (κ1) is 25.3. The van der Waals surface area contributed by atoms with Crippen LogP contribution in [0.2, 0.25) is 0 Å². The molecule has 12 heteroatoms. The van der Waals surface area contributed by atoms with Gasteiger partial charge in [0.1, 0.15) is 11.7 Å². The van der Waals surface area contributed by atoms with Gasteiger partial charge in [0.15, 0.2) is 10.8 Å². The number of hydrogen-bond acceptors (Lipinski definition) is 7. The van der Waals surface area contributed by atoms with E-state index in [1.807, 2.05) is 24.3 Å². The van der Waals surface area contributed by atoms with Gasteiger partial charge in [0.25, 0.3) is 5.56 Å². The molecule has 1 saturated heterocycles. The molecule has 3 unspecified atom stereocenters. The Morgan fingerprint density at radius 2 is 1.97 bits per heavy atom. The molecule has 2 aromatic heterocycles. The van der Waals surface area contributed by atoms with E-state index in [0.29, 0.717) is 36.4 Å². The molecule has 38 heavy (non-hydrogen) atoms. The zero-order valence-corrected chi connectivity index (χ0v) is 23.2. The van der Waals surface area contributed by atoms with Crippen molar-refractivity contribution in [3.63, 3.8) is 0 Å². The quantitative estimate of drug-likeness (QED) is 0.448. The summed E-state index contributed by atoms with van der Waals surface area (Å²) in [4.78, 5) is 49.9. The highest BCUT2D eigenvalue weighted by Crippen LogP contribution is 2.38. The summed E-state index contributed by atoms with van der Waals surface area (Å²) in [5.41, 5.74) is 1.33. The Morgan fingerprint density at radius 3 is 2.82 bits per heavy atom. The highest BCUT2D eigenvalue weighted by molar-refractivity contribution is 9.10. The van der Waals surface area contributed by atoms with Gasteiger partial charge in [0.05, 0.1) is 37.3 Å². The summed E-state index contributed by atoms with van der Waals surface area (Å²) in [7, 11) is 0. The summed E-state index contributed by atoms with van der Waals surface area (Å²) in [6.07, 6.45) is 7.38. The lowest BCUT2D eigenvalue weighted by atomic mass is 9.83. The highest BCUT2D eigenvalue weighted by Gasteiger charge is 2.45. The average molecular weight is 599 g/mol. The van der Waals surface area contributed by atoms with Crippen LogP contribution >= 0.6 is 27.7 Å². The lowest BCUT2D eigenvalue weighted by Gasteiger charge is -2.37. The van der Waals surface area contributed by atoms with Crippen molar-refractivity contribution in [3.05, 3.63) is 57.2 Å². The summed E-state index contributed by atoms with van der Waals surface area (Å²) < 4.78 is 4.18. The Balaban J connectivity index is 1.05. The molecule has 2 fully saturated rings. The van der Waals surface area contributed by atoms with Crippen LogP contribution in [-0.4, -0.2) is 65.6 Å². The van der Waals surface area contributed by atoms with E-state index < -0.39 is 0 Å². The van der Waals surface area contributed by atoms with E-state index in [1.165, 1.54) is 12.5 Å². The van der Waals surface area contributed by atoms with Crippen molar-refractivity contribution in [2.45, 2.75) is 57.3 Å². The molecule has 0 radical (unpaired) electrons. The number of amidine groups is 1. The second kappa shape index (κ2) is 10.6. The Labute approximate surface area is 232 Å². The summed E-state index contributed by atoms with van der Waals surface area (Å²) >= 11 is 5.00. The van der Waals surface area contributed by atoms with Crippen molar-refractivity contribution in [1.82, 2.24) is 29.5 Å². The number of halogens is 1. The summed E-state index contributed by atoms with van der Waals surface area (Å²) in [5, 5.41) is 8.50. The Kier molecular flexibility index (Phi) is 7.08. The molecule has 1 aliphatic carbocycles. The zero-order chi connectivity index (χ0) is 26.2. The van der Waals surface area contributed by atoms with Gasteiger partial charge in [0.2, 0.25) is 11.8 Å². The number of thioether (sulfide) groups is 1. The largest absolute Gasteiger partial charge is 0.354 e. The minimum Gasteiger partial charge on any atom is -0.354 e. The normalized spacial score (nSPS) is 22.8. The van der Waals surface area contributed by atoms with Crippen LogP contribution in [0.5, 0.6) is 0 Å². The third kappa shape index (κ3) is 4.91. The van der Waals surface area contributed by atoms with Gasteiger partial charge in [-0.15, -0.1) is 0 Å². The van der Waals surface area contributed by atoms with Crippen molar-refractivity contribution in [3.8, 4) is 0 Å². The number of fused-ring (bicyclic) bond motifs is 3. The molecule has 1 N–H and O–H groups in total. The SMILES string of the molecule is O=C(CC1CSC2=NC3CCCCC3C(=O)N21)NCCn1ncc2c(=O)n(Cc3ccc(Br)cc3)cnc21. The molecule has 2 aliphatic heterocycles. The third-order valence-electron chi connectivity index (χ3n) is 7.49. The molecule has 2 amide bonds. The van der Waals surface area contributed by atoms with E-state index in [0.717, 1.165) is 40.9 Å². The second-order valence-electron chi connectivity index (χ2n) is 10.0. The van der Waals surface area contributed by atoms with Gasteiger partial charge < -0.3 is 5.32 Å². The monoisotopic (exact) mass is 597 g/mol. The topological polar surface area (TPSA) is 114 Å². The lowest BCUT2D eigenvalue weighted by molar-refractivity contribution is -0.135. The van der Waals surface area contributed by atoms with Crippen molar-refractivity contribution in [2.24, 2.45) is 10.9 Å². The molecule has 3 atom stereocenters. The molecular formula is C26H28BrN7O3S. The van der Waals surface area contributed by atoms with Crippen LogP contribution in [0.3, 0.4) is 0 Å². The van der Waals surface area contributed by atoms with Crippen LogP contribution in [-0.2, 0) is 22.7 Å². The number of hydrogen-bond donors (Lipinski definition) is 1. The number of nitrogens with one attached hydrogen (secondary N) is 1. The first-order valence-electron chi connectivity index (χ1n) is 12.9. The van der Waals surface area contributed by atoms with Crippen LogP contribution < -0.4 is 10.9 Å². The molecule has 6 rings (SSSR count). The standard InChI is InChI=1S/C26H28BrN7O3S/c27-17-7-5-16(6-8-17)13-32-15-29-23-20(24(32)36)12-30-33(23)10-9-28-22(35)11-18-14-38-26-31-21-4-2-1-3-19(21)25(37)34(18)26/h5-8,12,15,18-19,21H,1-4,9-11,13-14H2,(H,28,35). The van der Waals surface area contributed by atoms with Crippen molar-refractivity contribution in [1.29, 1.82) is 0 Å². The van der Waals surface area contributed by atoms with Crippen LogP contribution in [0.25, 0.3) is 11.0 Å². The predicted molar refractivity (Wildman–Crippen MR) is 149 cm³/mol. The number of carbonyl (C=O) groups excluding carboxylic acids is 2. The number of benzene rings is 1. The maximum Gasteiger partial charge on any atom is 0.264 e. The Bertz CT molecular complexity index is 1470. The van der Waals surface area contributed by atoms with E-state index in [-0.39, 0.29) is 41.8 Å². The van der Waals surface area contributed by atoms with Gasteiger partial charge in [-0.25, -0.2) is 9.67 Å². The molecule has 1 saturated carbocycles. The van der Waals surface area contributed by atoms with E-state index >= 15 is 0 Å². The third-order valence-corrected chi connectivity index (χ3v) is 9.13.